The van der Waals surface area contributed by atoms with Gasteiger partial charge in [-0.2, -0.15) is 23.0 Å². The molecule has 0 aliphatic rings. The lowest BCUT2D eigenvalue weighted by atomic mass is 10.2. The van der Waals surface area contributed by atoms with E-state index in [4.69, 9.17) is 25.8 Å². The maximum Gasteiger partial charge on any atom is 0.435 e. The summed E-state index contributed by atoms with van der Waals surface area (Å²) in [4.78, 5) is 12.2. The van der Waals surface area contributed by atoms with Crippen LogP contribution in [0, 0.1) is 0 Å². The maximum atomic E-state index is 13.2. The van der Waals surface area contributed by atoms with E-state index in [1.54, 1.807) is 30.3 Å². The van der Waals surface area contributed by atoms with E-state index in [2.05, 4.69) is 10.4 Å². The summed E-state index contributed by atoms with van der Waals surface area (Å²) in [7, 11) is 3.00. The van der Waals surface area contributed by atoms with Crippen molar-refractivity contribution in [2.45, 2.75) is 12.7 Å². The van der Waals surface area contributed by atoms with Crippen LogP contribution in [0.3, 0.4) is 0 Å². The van der Waals surface area contributed by atoms with Crippen LogP contribution >= 0.6 is 11.6 Å². The molecule has 2 aromatic carbocycles. The van der Waals surface area contributed by atoms with Gasteiger partial charge in [-0.15, -0.1) is 0 Å². The number of methoxy groups -OCH3 is 2. The van der Waals surface area contributed by atoms with Crippen LogP contribution in [0.1, 0.15) is 11.3 Å². The first-order chi connectivity index (χ1) is 15.2. The van der Waals surface area contributed by atoms with Gasteiger partial charge >= 0.3 is 6.18 Å². The van der Waals surface area contributed by atoms with Gasteiger partial charge in [-0.1, -0.05) is 29.8 Å². The topological polar surface area (TPSA) is 74.6 Å². The molecular formula is C21H19ClF3N3O4. The van der Waals surface area contributed by atoms with Crippen molar-refractivity contribution in [3.63, 3.8) is 0 Å². The van der Waals surface area contributed by atoms with Crippen LogP contribution in [-0.4, -0.2) is 36.5 Å². The zero-order valence-corrected chi connectivity index (χ0v) is 17.8. The highest BCUT2D eigenvalue weighted by atomic mass is 35.5. The molecule has 11 heteroatoms. The van der Waals surface area contributed by atoms with Crippen molar-refractivity contribution in [1.29, 1.82) is 0 Å². The van der Waals surface area contributed by atoms with E-state index in [1.165, 1.54) is 26.4 Å². The quantitative estimate of drug-likeness (QED) is 0.533. The molecule has 1 N–H and O–H groups in total. The molecule has 0 spiro atoms. The first-order valence-corrected chi connectivity index (χ1v) is 9.63. The van der Waals surface area contributed by atoms with Gasteiger partial charge in [-0.3, -0.25) is 4.79 Å². The van der Waals surface area contributed by atoms with Gasteiger partial charge in [0.2, 0.25) is 5.88 Å². The number of ether oxygens (including phenoxy) is 3. The molecule has 0 bridgehead atoms. The number of hydrogen-bond donors (Lipinski definition) is 1. The van der Waals surface area contributed by atoms with E-state index >= 15 is 0 Å². The largest absolute Gasteiger partial charge is 0.493 e. The molecule has 0 unspecified atom stereocenters. The Morgan fingerprint density at radius 1 is 1.09 bits per heavy atom. The average molecular weight is 470 g/mol. The Balaban J connectivity index is 1.70. The Morgan fingerprint density at radius 2 is 1.81 bits per heavy atom. The molecule has 0 fully saturated rings. The predicted octanol–water partition coefficient (Wildman–Crippen LogP) is 4.26. The zero-order chi connectivity index (χ0) is 23.3. The van der Waals surface area contributed by atoms with E-state index in [0.29, 0.717) is 17.6 Å². The molecule has 0 saturated heterocycles. The third-order valence-electron chi connectivity index (χ3n) is 4.34. The van der Waals surface area contributed by atoms with Gasteiger partial charge in [0.15, 0.2) is 23.8 Å². The Labute approximate surface area is 186 Å². The summed E-state index contributed by atoms with van der Waals surface area (Å²) < 4.78 is 56.1. The summed E-state index contributed by atoms with van der Waals surface area (Å²) in [6.07, 6.45) is -4.69. The number of rotatable bonds is 8. The van der Waals surface area contributed by atoms with Crippen LogP contribution in [0.25, 0.3) is 5.69 Å². The Bertz CT molecular complexity index is 1100. The second-order valence-electron chi connectivity index (χ2n) is 6.48. The van der Waals surface area contributed by atoms with E-state index in [0.717, 1.165) is 10.2 Å². The molecule has 0 saturated carbocycles. The highest BCUT2D eigenvalue weighted by molar-refractivity contribution is 6.32. The highest BCUT2D eigenvalue weighted by Gasteiger charge is 2.36. The Morgan fingerprint density at radius 3 is 2.47 bits per heavy atom. The highest BCUT2D eigenvalue weighted by Crippen LogP contribution is 2.33. The molecule has 1 amide bonds. The normalized spacial score (nSPS) is 11.2. The number of amides is 1. The summed E-state index contributed by atoms with van der Waals surface area (Å²) in [5.74, 6) is 0.227. The standard InChI is InChI=1S/C21H19ClF3N3O4/c1-30-16-8-7-13(9-17(16)31-2)11-26-19(29)12-32-20-10-18(21(23,24)25)27-28(20)15-6-4-3-5-14(15)22/h3-10H,11-12H2,1-2H3,(H,26,29). The molecule has 0 aliphatic heterocycles. The molecule has 1 heterocycles. The summed E-state index contributed by atoms with van der Waals surface area (Å²) >= 11 is 6.08. The maximum absolute atomic E-state index is 13.2. The number of nitrogens with zero attached hydrogens (tertiary/aromatic N) is 2. The van der Waals surface area contributed by atoms with Crippen molar-refractivity contribution in [1.82, 2.24) is 15.1 Å². The van der Waals surface area contributed by atoms with Crippen molar-refractivity contribution < 1.29 is 32.2 Å². The fourth-order valence-corrected chi connectivity index (χ4v) is 3.00. The number of aromatic nitrogens is 2. The van der Waals surface area contributed by atoms with E-state index in [9.17, 15) is 18.0 Å². The summed E-state index contributed by atoms with van der Waals surface area (Å²) in [5.41, 5.74) is -0.250. The lowest BCUT2D eigenvalue weighted by Crippen LogP contribution is -2.28. The summed E-state index contributed by atoms with van der Waals surface area (Å²) in [5, 5.41) is 6.34. The van der Waals surface area contributed by atoms with E-state index in [1.807, 2.05) is 0 Å². The first kappa shape index (κ1) is 23.3. The number of benzene rings is 2. The summed E-state index contributed by atoms with van der Waals surface area (Å²) in [6.45, 7) is -0.374. The van der Waals surface area contributed by atoms with Crippen LogP contribution in [0.15, 0.2) is 48.5 Å². The van der Waals surface area contributed by atoms with Gasteiger partial charge in [0, 0.05) is 12.6 Å². The number of hydrogen-bond acceptors (Lipinski definition) is 5. The van der Waals surface area contributed by atoms with Crippen molar-refractivity contribution in [2.75, 3.05) is 20.8 Å². The smallest absolute Gasteiger partial charge is 0.435 e. The SMILES string of the molecule is COc1ccc(CNC(=O)COc2cc(C(F)(F)F)nn2-c2ccccc2Cl)cc1OC. The van der Waals surface area contributed by atoms with E-state index < -0.39 is 24.4 Å². The minimum absolute atomic E-state index is 0.153. The number of para-hydroxylation sites is 1. The van der Waals surface area contributed by atoms with Crippen LogP contribution in [0.4, 0.5) is 13.2 Å². The molecule has 170 valence electrons. The lowest BCUT2D eigenvalue weighted by molar-refractivity contribution is -0.141. The van der Waals surface area contributed by atoms with Gasteiger partial charge in [0.05, 0.1) is 24.9 Å². The van der Waals surface area contributed by atoms with E-state index in [-0.39, 0.29) is 23.1 Å². The summed E-state index contributed by atoms with van der Waals surface area (Å²) in [6, 6.07) is 12.1. The number of halogens is 4. The molecule has 32 heavy (non-hydrogen) atoms. The Hall–Kier alpha value is -3.40. The number of nitrogens with one attached hydrogen (secondary N) is 1. The minimum atomic E-state index is -4.69. The first-order valence-electron chi connectivity index (χ1n) is 9.25. The fourth-order valence-electron chi connectivity index (χ4n) is 2.78. The molecule has 0 radical (unpaired) electrons. The third kappa shape index (κ3) is 5.44. The second kappa shape index (κ2) is 9.82. The van der Waals surface area contributed by atoms with Crippen LogP contribution in [0.2, 0.25) is 5.02 Å². The minimum Gasteiger partial charge on any atom is -0.493 e. The lowest BCUT2D eigenvalue weighted by Gasteiger charge is -2.12. The molecule has 1 aromatic heterocycles. The van der Waals surface area contributed by atoms with Gasteiger partial charge in [0.25, 0.3) is 5.91 Å². The fraction of sp³-hybridized carbons (Fsp3) is 0.238. The van der Waals surface area contributed by atoms with Gasteiger partial charge in [0.1, 0.15) is 0 Å². The van der Waals surface area contributed by atoms with Gasteiger partial charge in [-0.25, -0.2) is 0 Å². The van der Waals surface area contributed by atoms with Crippen molar-refractivity contribution in [3.8, 4) is 23.1 Å². The number of carbonyl (C=O) groups is 1. The molecule has 7 nitrogen and oxygen atoms in total. The van der Waals surface area contributed by atoms with Crippen molar-refractivity contribution in [2.24, 2.45) is 0 Å². The predicted molar refractivity (Wildman–Crippen MR) is 110 cm³/mol. The monoisotopic (exact) mass is 469 g/mol. The molecule has 0 atom stereocenters. The average Bonchev–Trinajstić information content (AvgIpc) is 3.21. The number of carbonyl (C=O) groups excluding carboxylic acids is 1. The third-order valence-corrected chi connectivity index (χ3v) is 4.66. The van der Waals surface area contributed by atoms with Crippen LogP contribution in [-0.2, 0) is 17.5 Å². The van der Waals surface area contributed by atoms with Crippen LogP contribution in [0.5, 0.6) is 17.4 Å². The molecule has 3 rings (SSSR count). The van der Waals surface area contributed by atoms with Crippen molar-refractivity contribution >= 4 is 17.5 Å². The Kier molecular flexibility index (Phi) is 7.14. The molecular weight excluding hydrogens is 451 g/mol. The van der Waals surface area contributed by atoms with Gasteiger partial charge < -0.3 is 19.5 Å². The van der Waals surface area contributed by atoms with Gasteiger partial charge in [-0.05, 0) is 29.8 Å². The molecule has 0 aliphatic carbocycles. The molecule has 3 aromatic rings. The number of alkyl halides is 3. The van der Waals surface area contributed by atoms with Crippen molar-refractivity contribution in [3.05, 3.63) is 64.8 Å². The van der Waals surface area contributed by atoms with Crippen LogP contribution < -0.4 is 19.5 Å². The zero-order valence-electron chi connectivity index (χ0n) is 17.1. The second-order valence-corrected chi connectivity index (χ2v) is 6.89.